The summed E-state index contributed by atoms with van der Waals surface area (Å²) in [5, 5.41) is 61.7. The second-order valence-corrected chi connectivity index (χ2v) is 28.0. The third-order valence-electron chi connectivity index (χ3n) is 18.1. The lowest BCUT2D eigenvalue weighted by atomic mass is 10.00. The Bertz CT molecular complexity index is 4230. The predicted octanol–water partition coefficient (Wildman–Crippen LogP) is -3.40. The van der Waals surface area contributed by atoms with Gasteiger partial charge in [-0.25, -0.2) is 0 Å². The molecule has 5 aromatic rings. The van der Waals surface area contributed by atoms with Crippen LogP contribution >= 0.6 is 25.3 Å². The number of H-pyrrole nitrogens is 2. The number of phenolic OH excluding ortho intramolecular Hbond substituents is 1. The van der Waals surface area contributed by atoms with Gasteiger partial charge in [-0.05, 0) is 73.6 Å². The van der Waals surface area contributed by atoms with Crippen molar-refractivity contribution in [3.63, 3.8) is 0 Å². The van der Waals surface area contributed by atoms with E-state index in [0.717, 1.165) is 33.1 Å². The number of rotatable bonds is 51. The van der Waals surface area contributed by atoms with Gasteiger partial charge in [0.1, 0.15) is 72.2 Å². The first-order chi connectivity index (χ1) is 54.1. The SMILES string of the molecule is CCCCCCCC[C@H](NC(=O)[C@H](Cc1c[nH]c2ccccc12)NC(=O)[C@H](Cc1ccc(O)cc1)NC(=O)[C@H](CS)NC(=O)[C@H](CCC(N)=O)NC(=O)[C@H](Cc1c[nH]c2ccccc12)NC(=O)[C@@H](NC(=O)[C@H](CCC(N)=O)NC(=O)[C@H](CS)NC(C)=O)[C@@H](C)O)C(=O)N[C@@H](CCC(=O)O)C(=O)N[C@@H](CC(N)=O)C(=O)NCC(N)=O. The number of aromatic hydroxyl groups is 1. The molecule has 3 aromatic carbocycles. The van der Waals surface area contributed by atoms with Crippen molar-refractivity contribution in [1.82, 2.24) is 73.8 Å². The van der Waals surface area contributed by atoms with E-state index in [1.54, 1.807) is 54.7 Å². The summed E-state index contributed by atoms with van der Waals surface area (Å²) in [6.07, 6.45) is 0.226. The first-order valence-corrected chi connectivity index (χ1v) is 38.1. The van der Waals surface area contributed by atoms with E-state index in [-0.39, 0.29) is 37.2 Å². The highest BCUT2D eigenvalue weighted by atomic mass is 32.1. The highest BCUT2D eigenvalue weighted by Gasteiger charge is 2.39. The first-order valence-electron chi connectivity index (χ1n) is 36.8. The number of carbonyl (C=O) groups is 17. The number of aliphatic hydroxyl groups is 1. The van der Waals surface area contributed by atoms with Gasteiger partial charge in [0.15, 0.2) is 0 Å². The van der Waals surface area contributed by atoms with E-state index in [4.69, 9.17) is 22.9 Å². The molecule has 0 radical (unpaired) electrons. The Morgan fingerprint density at radius 3 is 1.22 bits per heavy atom. The molecule has 0 aliphatic carbocycles. The maximum atomic E-state index is 15.2. The quantitative estimate of drug-likeness (QED) is 0.0133. The van der Waals surface area contributed by atoms with Crippen LogP contribution in [0.25, 0.3) is 21.8 Å². The van der Waals surface area contributed by atoms with Gasteiger partial charge in [0.2, 0.25) is 94.5 Å². The number of phenols is 1. The van der Waals surface area contributed by atoms with Gasteiger partial charge < -0.3 is 112 Å². The van der Waals surface area contributed by atoms with Crippen molar-refractivity contribution in [2.75, 3.05) is 18.1 Å². The van der Waals surface area contributed by atoms with E-state index in [1.165, 1.54) is 30.5 Å². The summed E-state index contributed by atoms with van der Waals surface area (Å²) in [7, 11) is 0. The molecule has 0 fully saturated rings. The smallest absolute Gasteiger partial charge is 0.303 e. The molecule has 0 saturated heterocycles. The van der Waals surface area contributed by atoms with Gasteiger partial charge in [-0.15, -0.1) is 0 Å². The Morgan fingerprint density at radius 1 is 0.412 bits per heavy atom. The molecule has 0 aliphatic rings. The number of thiol groups is 2. The highest BCUT2D eigenvalue weighted by molar-refractivity contribution is 7.80. The van der Waals surface area contributed by atoms with Crippen LogP contribution in [0.4, 0.5) is 0 Å². The fourth-order valence-electron chi connectivity index (χ4n) is 12.0. The Balaban J connectivity index is 1.49. The van der Waals surface area contributed by atoms with E-state index in [1.807, 2.05) is 6.92 Å². The van der Waals surface area contributed by atoms with Gasteiger partial charge in [0.05, 0.1) is 19.1 Å². The van der Waals surface area contributed by atoms with Gasteiger partial charge in [-0.1, -0.05) is 94.0 Å². The molecule has 0 saturated carbocycles. The number of fused-ring (bicyclic) bond motifs is 2. The van der Waals surface area contributed by atoms with Crippen molar-refractivity contribution < 1.29 is 96.8 Å². The number of hydrogen-bond acceptors (Lipinski definition) is 21. The number of unbranched alkanes of at least 4 members (excludes halogenated alkanes) is 5. The summed E-state index contributed by atoms with van der Waals surface area (Å²) in [6, 6.07) is 0.782. The van der Waals surface area contributed by atoms with Crippen molar-refractivity contribution in [2.45, 2.75) is 202 Å². The van der Waals surface area contributed by atoms with E-state index in [9.17, 15) is 87.2 Å². The molecule has 0 spiro atoms. The van der Waals surface area contributed by atoms with Crippen molar-refractivity contribution >= 4 is 148 Å². The minimum absolute atomic E-state index is 0.0998. The fraction of sp³-hybridized carbons (Fsp3) is 0.473. The Morgan fingerprint density at radius 2 is 0.789 bits per heavy atom. The van der Waals surface area contributed by atoms with Crippen LogP contribution in [0, 0.1) is 0 Å². The third-order valence-corrected chi connectivity index (χ3v) is 18.8. The Labute approximate surface area is 666 Å². The molecule has 0 bridgehead atoms. The molecule has 25 N–H and O–H groups in total. The molecule has 12 atom stereocenters. The minimum atomic E-state index is -1.92. The summed E-state index contributed by atoms with van der Waals surface area (Å²) >= 11 is 8.46. The van der Waals surface area contributed by atoms with Crippen LogP contribution in [0.2, 0.25) is 0 Å². The topological polar surface area (TPSA) is 631 Å². The largest absolute Gasteiger partial charge is 0.508 e. The molecule has 0 aliphatic heterocycles. The Kier molecular flexibility index (Phi) is 38.2. The highest BCUT2D eigenvalue weighted by Crippen LogP contribution is 2.23. The van der Waals surface area contributed by atoms with E-state index in [2.05, 4.69) is 99.0 Å². The van der Waals surface area contributed by atoms with Crippen molar-refractivity contribution in [1.29, 1.82) is 0 Å². The number of primary amides is 4. The summed E-state index contributed by atoms with van der Waals surface area (Å²) < 4.78 is 0. The van der Waals surface area contributed by atoms with E-state index < -0.39 is 230 Å². The maximum Gasteiger partial charge on any atom is 0.303 e. The van der Waals surface area contributed by atoms with Gasteiger partial charge in [0.25, 0.3) is 0 Å². The molecule has 2 aromatic heterocycles. The molecule has 16 amide bonds. The molecule has 5 rings (SSSR count). The third kappa shape index (κ3) is 31.0. The summed E-state index contributed by atoms with van der Waals surface area (Å²) in [6.45, 7) is 3.54. The molecule has 40 heteroatoms. The van der Waals surface area contributed by atoms with Crippen LogP contribution in [0.1, 0.15) is 127 Å². The predicted molar refractivity (Wildman–Crippen MR) is 420 cm³/mol. The van der Waals surface area contributed by atoms with Crippen LogP contribution in [0.3, 0.4) is 0 Å². The lowest BCUT2D eigenvalue weighted by molar-refractivity contribution is -0.139. The average Bonchev–Trinajstić information content (AvgIpc) is 1.63. The lowest BCUT2D eigenvalue weighted by Gasteiger charge is -2.29. The lowest BCUT2D eigenvalue weighted by Crippen LogP contribution is -2.62. The number of aromatic amines is 2. The molecule has 620 valence electrons. The summed E-state index contributed by atoms with van der Waals surface area (Å²) in [4.78, 5) is 236. The number of aliphatic hydroxyl groups excluding tert-OH is 1. The standard InChI is InChI=1S/C74H102N18O20S2/c1-4-5-6-7-8-9-18-48(65(103)84-51(25-28-62(100)101)66(104)89-55(32-60(77)98)64(102)81-35-61(78)99)83-70(108)53(30-41-33-79-46-16-12-10-14-44(41)46)88-69(107)52(29-40-19-21-43(95)22-20-40)87-73(111)57(37-114)91-67(105)49(23-26-58(75)96)85-71(109)54(31-42-34-80-47-17-13-11-15-45(42)47)90-74(112)63(38(2)93)92-68(106)50(24-27-59(76)97)86-72(110)56(36-113)82-39(3)94/h10-17,19-22,33-34,38,48-57,63,79-80,93,95,113-114H,4-9,18,23-32,35-37H2,1-3H3,(H2,75,96)(H2,76,97)(H2,77,98)(H2,78,99)(H,81,102)(H,82,94)(H,83,108)(H,84,103)(H,85,109)(H,86,110)(H,87,111)(H,88,107)(H,89,104)(H,90,112)(H,91,105)(H,92,106)(H,100,101)/t38-,48+,49+,50+,51+,52+,53+,54+,55+,56+,57+,63+/m1/s1. The monoisotopic (exact) mass is 1630 g/mol. The number of aliphatic carboxylic acids is 1. The van der Waals surface area contributed by atoms with Gasteiger partial charge >= 0.3 is 5.97 Å². The number of carboxylic acid groups (broad SMARTS) is 1. The minimum Gasteiger partial charge on any atom is -0.508 e. The number of benzene rings is 3. The van der Waals surface area contributed by atoms with Crippen LogP contribution in [0.5, 0.6) is 5.75 Å². The van der Waals surface area contributed by atoms with Gasteiger partial charge in [0, 0.05) is 91.2 Å². The van der Waals surface area contributed by atoms with Gasteiger partial charge in [-0.2, -0.15) is 25.3 Å². The molecule has 2 heterocycles. The molecule has 114 heavy (non-hydrogen) atoms. The van der Waals surface area contributed by atoms with Crippen LogP contribution in [-0.2, 0) is 101 Å². The first kappa shape index (κ1) is 92.8. The van der Waals surface area contributed by atoms with Crippen molar-refractivity contribution in [3.05, 3.63) is 102 Å². The van der Waals surface area contributed by atoms with Crippen molar-refractivity contribution in [2.24, 2.45) is 22.9 Å². The number of nitrogens with two attached hydrogens (primary N) is 4. The second kappa shape index (κ2) is 46.9. The number of carbonyl (C=O) groups excluding carboxylic acids is 16. The summed E-state index contributed by atoms with van der Waals surface area (Å²) in [5.41, 5.74) is 23.9. The number of hydrogen-bond donors (Lipinski definition) is 23. The normalized spacial score (nSPS) is 14.3. The molecule has 0 unspecified atom stereocenters. The maximum absolute atomic E-state index is 15.2. The molecule has 38 nitrogen and oxygen atoms in total. The number of carboxylic acids is 1. The number of aromatic nitrogens is 2. The van der Waals surface area contributed by atoms with E-state index in [0.29, 0.717) is 57.8 Å². The van der Waals surface area contributed by atoms with Crippen LogP contribution in [0.15, 0.2) is 85.2 Å². The van der Waals surface area contributed by atoms with Crippen molar-refractivity contribution in [3.8, 4) is 5.75 Å². The average molecular weight is 1630 g/mol. The molecular formula is C74H102N18O20S2. The van der Waals surface area contributed by atoms with Crippen LogP contribution < -0.4 is 86.7 Å². The zero-order valence-electron chi connectivity index (χ0n) is 63.1. The second-order valence-electron chi connectivity index (χ2n) is 27.2. The summed E-state index contributed by atoms with van der Waals surface area (Å²) in [5.74, 6) is -18.8. The zero-order valence-corrected chi connectivity index (χ0v) is 64.9. The number of para-hydroxylation sites is 2. The number of amides is 16. The zero-order chi connectivity index (χ0) is 84.3. The fourth-order valence-corrected chi connectivity index (χ4v) is 12.5. The molecular weight excluding hydrogens is 1530 g/mol. The van der Waals surface area contributed by atoms with E-state index >= 15 is 9.59 Å². The Hall–Kier alpha value is -11.8. The van der Waals surface area contributed by atoms with Crippen LogP contribution in [-0.4, -0.2) is 216 Å². The number of nitrogens with one attached hydrogen (secondary N) is 14. The van der Waals surface area contributed by atoms with Gasteiger partial charge in [-0.3, -0.25) is 81.5 Å².